The number of carboxylic acid groups (broad SMARTS) is 1. The number of aromatic nitrogens is 4. The molecule has 0 bridgehead atoms. The summed E-state index contributed by atoms with van der Waals surface area (Å²) in [6.45, 7) is 2.05. The number of carbonyl (C=O) groups excluding carboxylic acids is 7. The van der Waals surface area contributed by atoms with Crippen LogP contribution in [0.3, 0.4) is 0 Å². The number of hydrogen-bond donors (Lipinski definition) is 1. The van der Waals surface area contributed by atoms with Gasteiger partial charge in [-0.2, -0.15) is 0 Å². The molecule has 0 aliphatic carbocycles. The maximum atomic E-state index is 13.6. The number of carbonyl (C=O) groups is 8. The van der Waals surface area contributed by atoms with Crippen LogP contribution in [0, 0.1) is 10.8 Å². The average molecular weight is 604 g/mol. The zero-order valence-corrected chi connectivity index (χ0v) is 23.9. The molecule has 0 radical (unpaired) electrons. The lowest BCUT2D eigenvalue weighted by Gasteiger charge is -2.49. The Kier molecular flexibility index (Phi) is 10.2. The Morgan fingerprint density at radius 2 is 1.50 bits per heavy atom. The number of unbranched alkanes of at least 4 members (excludes halogenated alkanes) is 1. The topological polar surface area (TPSA) is 204 Å². The molecule has 228 valence electrons. The maximum Gasteiger partial charge on any atom is 0.338 e. The van der Waals surface area contributed by atoms with E-state index in [-0.39, 0.29) is 43.7 Å². The Labute approximate surface area is 251 Å². The molecule has 3 rings (SSSR count). The van der Waals surface area contributed by atoms with E-state index in [1.54, 1.807) is 55.5 Å². The minimum Gasteiger partial charge on any atom is -0.479 e. The first-order valence-corrected chi connectivity index (χ1v) is 13.4. The Morgan fingerprint density at radius 3 is 1.98 bits per heavy atom. The molecule has 0 spiro atoms. The Hall–Kier alpha value is -5.53. The third-order valence-electron chi connectivity index (χ3n) is 7.78. The lowest BCUT2D eigenvalue weighted by molar-refractivity contribution is -0.181. The molecule has 3 aromatic rings. The van der Waals surface area contributed by atoms with Crippen molar-refractivity contribution in [2.45, 2.75) is 45.2 Å². The molecule has 0 saturated heterocycles. The highest BCUT2D eigenvalue weighted by Crippen LogP contribution is 2.46. The second kappa shape index (κ2) is 13.6. The summed E-state index contributed by atoms with van der Waals surface area (Å²) >= 11 is 0. The number of aldehydes is 5. The smallest absolute Gasteiger partial charge is 0.338 e. The predicted octanol–water partition coefficient (Wildman–Crippen LogP) is 1.37. The van der Waals surface area contributed by atoms with E-state index in [1.807, 2.05) is 0 Å². The van der Waals surface area contributed by atoms with Crippen molar-refractivity contribution in [2.24, 2.45) is 10.8 Å². The summed E-state index contributed by atoms with van der Waals surface area (Å²) in [5.74, 6) is -2.69. The quantitative estimate of drug-likeness (QED) is 0.172. The molecule has 14 nitrogen and oxygen atoms in total. The molecule has 0 aliphatic rings. The zero-order chi connectivity index (χ0) is 32.5. The van der Waals surface area contributed by atoms with Gasteiger partial charge in [-0.3, -0.25) is 9.59 Å². The number of tetrazole rings is 1. The standard InChI is InChI=1S/C30H29N5O9/c1-3-4-9-25(42)34(30(19-40,27(43)44)28(2,15-36)29(16-37,17-38)18-39)14-21-10-12-22(13-11-21)23-7-5-6-8-24(23)26-31-33-35(20-41)32-26/h5-8,10-13,15-20H,3-4,9,14H2,1-2H3,(H,43,44)/t28?,30-/m0/s1. The fourth-order valence-electron chi connectivity index (χ4n) is 4.98. The van der Waals surface area contributed by atoms with E-state index in [9.17, 15) is 43.5 Å². The third-order valence-corrected chi connectivity index (χ3v) is 7.78. The second-order valence-corrected chi connectivity index (χ2v) is 10.2. The van der Waals surface area contributed by atoms with Crippen LogP contribution in [0.5, 0.6) is 0 Å². The van der Waals surface area contributed by atoms with E-state index in [0.29, 0.717) is 46.4 Å². The van der Waals surface area contributed by atoms with Gasteiger partial charge >= 0.3 is 5.97 Å². The largest absolute Gasteiger partial charge is 0.479 e. The van der Waals surface area contributed by atoms with Crippen LogP contribution in [0.4, 0.5) is 0 Å². The van der Waals surface area contributed by atoms with Gasteiger partial charge in [0.25, 0.3) is 6.41 Å². The van der Waals surface area contributed by atoms with Crippen LogP contribution in [0.15, 0.2) is 48.5 Å². The summed E-state index contributed by atoms with van der Waals surface area (Å²) in [7, 11) is 0. The van der Waals surface area contributed by atoms with Gasteiger partial charge in [0.05, 0.1) is 5.41 Å². The lowest BCUT2D eigenvalue weighted by Crippen LogP contribution is -2.72. The predicted molar refractivity (Wildman–Crippen MR) is 152 cm³/mol. The third kappa shape index (κ3) is 5.48. The van der Waals surface area contributed by atoms with Crippen LogP contribution in [0.1, 0.15) is 38.7 Å². The summed E-state index contributed by atoms with van der Waals surface area (Å²) in [6.07, 6.45) is 0.0484. The fourth-order valence-corrected chi connectivity index (χ4v) is 4.98. The van der Waals surface area contributed by atoms with E-state index in [4.69, 9.17) is 0 Å². The van der Waals surface area contributed by atoms with Crippen LogP contribution in [-0.4, -0.2) is 85.5 Å². The van der Waals surface area contributed by atoms with Crippen molar-refractivity contribution in [3.63, 3.8) is 0 Å². The zero-order valence-electron chi connectivity index (χ0n) is 23.9. The molecule has 0 aliphatic heterocycles. The van der Waals surface area contributed by atoms with Gasteiger partial charge in [0.15, 0.2) is 11.7 Å². The molecular formula is C30H29N5O9. The van der Waals surface area contributed by atoms with Crippen molar-refractivity contribution >= 4 is 49.7 Å². The van der Waals surface area contributed by atoms with Gasteiger partial charge in [-0.05, 0) is 35.2 Å². The van der Waals surface area contributed by atoms with Crippen molar-refractivity contribution in [1.82, 2.24) is 25.1 Å². The molecule has 14 heteroatoms. The van der Waals surface area contributed by atoms with E-state index >= 15 is 0 Å². The van der Waals surface area contributed by atoms with Crippen LogP contribution in [-0.2, 0) is 44.9 Å². The number of amides is 1. The first kappa shape index (κ1) is 33.0. The normalized spacial score (nSPS) is 13.9. The van der Waals surface area contributed by atoms with Gasteiger partial charge in [-0.15, -0.1) is 10.2 Å². The highest BCUT2D eigenvalue weighted by molar-refractivity contribution is 6.13. The van der Waals surface area contributed by atoms with Crippen molar-refractivity contribution in [3.8, 4) is 22.5 Å². The number of aliphatic carboxylic acids is 1. The van der Waals surface area contributed by atoms with Gasteiger partial charge in [0.1, 0.15) is 25.1 Å². The van der Waals surface area contributed by atoms with Crippen LogP contribution in [0.25, 0.3) is 22.5 Å². The van der Waals surface area contributed by atoms with E-state index < -0.39 is 34.8 Å². The van der Waals surface area contributed by atoms with Crippen molar-refractivity contribution in [2.75, 3.05) is 0 Å². The molecule has 1 amide bonds. The molecular weight excluding hydrogens is 574 g/mol. The first-order valence-electron chi connectivity index (χ1n) is 13.4. The molecule has 2 aromatic carbocycles. The van der Waals surface area contributed by atoms with Gasteiger partial charge in [0.2, 0.25) is 17.3 Å². The second-order valence-electron chi connectivity index (χ2n) is 10.2. The highest BCUT2D eigenvalue weighted by atomic mass is 16.4. The summed E-state index contributed by atoms with van der Waals surface area (Å²) in [6, 6.07) is 13.4. The van der Waals surface area contributed by atoms with E-state index in [0.717, 1.165) is 11.7 Å². The summed E-state index contributed by atoms with van der Waals surface area (Å²) in [5.41, 5.74) is -6.72. The molecule has 44 heavy (non-hydrogen) atoms. The van der Waals surface area contributed by atoms with Crippen molar-refractivity contribution in [3.05, 3.63) is 54.1 Å². The molecule has 1 unspecified atom stereocenters. The Bertz CT molecular complexity index is 1560. The monoisotopic (exact) mass is 603 g/mol. The van der Waals surface area contributed by atoms with Crippen molar-refractivity contribution < 1.29 is 43.5 Å². The molecule has 0 fully saturated rings. The number of benzene rings is 2. The molecule has 0 saturated carbocycles. The average Bonchev–Trinajstić information content (AvgIpc) is 3.54. The number of rotatable bonds is 17. The van der Waals surface area contributed by atoms with E-state index in [2.05, 4.69) is 15.4 Å². The summed E-state index contributed by atoms with van der Waals surface area (Å²) < 4.78 is 0. The Balaban J connectivity index is 2.16. The number of carboxylic acids is 1. The number of nitrogens with zero attached hydrogens (tertiary/aromatic N) is 5. The van der Waals surface area contributed by atoms with E-state index in [1.165, 1.54) is 0 Å². The van der Waals surface area contributed by atoms with Gasteiger partial charge in [-0.25, -0.2) is 4.79 Å². The lowest BCUT2D eigenvalue weighted by atomic mass is 9.56. The SMILES string of the molecule is CCCCC(=O)N(Cc1ccc(-c2ccccc2-c2nnn(C=O)n2)cc1)[C@@](C=O)(C(=O)O)C(C)(C=O)C(C=O)(C=O)C=O. The van der Waals surface area contributed by atoms with Crippen molar-refractivity contribution in [1.29, 1.82) is 0 Å². The first-order chi connectivity index (χ1) is 21.1. The molecule has 1 aromatic heterocycles. The Morgan fingerprint density at radius 1 is 0.886 bits per heavy atom. The van der Waals surface area contributed by atoms with Crippen LogP contribution < -0.4 is 0 Å². The van der Waals surface area contributed by atoms with Gasteiger partial charge < -0.3 is 34.0 Å². The minimum atomic E-state index is -3.14. The minimum absolute atomic E-state index is 0.123. The molecule has 1 N–H and O–H groups in total. The van der Waals surface area contributed by atoms with Crippen LogP contribution in [0.2, 0.25) is 0 Å². The van der Waals surface area contributed by atoms with Crippen LogP contribution >= 0.6 is 0 Å². The molecule has 1 heterocycles. The highest BCUT2D eigenvalue weighted by Gasteiger charge is 2.69. The fraction of sp³-hybridized carbons (Fsp3) is 0.300. The van der Waals surface area contributed by atoms with Gasteiger partial charge in [0, 0.05) is 18.5 Å². The summed E-state index contributed by atoms with van der Waals surface area (Å²) in [5, 5.41) is 22.0. The summed E-state index contributed by atoms with van der Waals surface area (Å²) in [4.78, 5) is 100. The molecule has 2 atom stereocenters. The number of hydrogen-bond acceptors (Lipinski definition) is 11. The maximum absolute atomic E-state index is 13.6. The van der Waals surface area contributed by atoms with Gasteiger partial charge in [-0.1, -0.05) is 66.7 Å².